The largest absolute Gasteiger partial charge is 0.586 e. The van der Waals surface area contributed by atoms with Crippen LogP contribution in [0.3, 0.4) is 0 Å². The summed E-state index contributed by atoms with van der Waals surface area (Å²) in [5.74, 6) is 0.804. The van der Waals surface area contributed by atoms with Crippen molar-refractivity contribution in [2.24, 2.45) is 0 Å². The Balaban J connectivity index is 1.18. The van der Waals surface area contributed by atoms with E-state index in [1.165, 1.54) is 18.2 Å². The molecule has 2 amide bonds. The van der Waals surface area contributed by atoms with Crippen LogP contribution in [-0.4, -0.2) is 45.4 Å². The van der Waals surface area contributed by atoms with Gasteiger partial charge in [-0.15, -0.1) is 8.78 Å². The van der Waals surface area contributed by atoms with Crippen molar-refractivity contribution in [2.45, 2.75) is 25.1 Å². The summed E-state index contributed by atoms with van der Waals surface area (Å²) in [6, 6.07) is 9.24. The highest BCUT2D eigenvalue weighted by Gasteiger charge is 2.43. The first-order chi connectivity index (χ1) is 15.0. The molecule has 0 radical (unpaired) electrons. The molecule has 0 atom stereocenters. The zero-order valence-corrected chi connectivity index (χ0v) is 16.1. The summed E-state index contributed by atoms with van der Waals surface area (Å²) >= 11 is 0. The van der Waals surface area contributed by atoms with Crippen molar-refractivity contribution in [3.63, 3.8) is 0 Å². The van der Waals surface area contributed by atoms with Crippen LogP contribution in [0.15, 0.2) is 47.1 Å². The van der Waals surface area contributed by atoms with Crippen LogP contribution in [0.5, 0.6) is 11.5 Å². The Morgan fingerprint density at radius 2 is 1.94 bits per heavy atom. The Morgan fingerprint density at radius 3 is 2.71 bits per heavy atom. The molecule has 2 aliphatic rings. The molecule has 0 bridgehead atoms. The second-order valence-corrected chi connectivity index (χ2v) is 7.19. The van der Waals surface area contributed by atoms with Crippen molar-refractivity contribution >= 4 is 11.7 Å². The second kappa shape index (κ2) is 7.49. The lowest BCUT2D eigenvalue weighted by Crippen LogP contribution is -2.40. The van der Waals surface area contributed by atoms with Crippen LogP contribution >= 0.6 is 0 Å². The Kier molecular flexibility index (Phi) is 4.64. The van der Waals surface area contributed by atoms with E-state index in [4.69, 9.17) is 4.52 Å². The van der Waals surface area contributed by atoms with Gasteiger partial charge < -0.3 is 24.2 Å². The summed E-state index contributed by atoms with van der Waals surface area (Å²) in [5.41, 5.74) is 0.972. The summed E-state index contributed by atoms with van der Waals surface area (Å²) in [6.45, 7) is 0.973. The van der Waals surface area contributed by atoms with Gasteiger partial charge in [-0.3, -0.25) is 4.98 Å². The molecule has 0 spiro atoms. The maximum absolute atomic E-state index is 13.1. The number of alkyl halides is 2. The molecule has 5 rings (SSSR count). The molecule has 4 heterocycles. The van der Waals surface area contributed by atoms with Gasteiger partial charge in [-0.05, 0) is 37.1 Å². The van der Waals surface area contributed by atoms with Gasteiger partial charge in [0.15, 0.2) is 11.5 Å². The van der Waals surface area contributed by atoms with Gasteiger partial charge in [0.2, 0.25) is 11.7 Å². The molecule has 0 saturated carbocycles. The van der Waals surface area contributed by atoms with E-state index in [0.29, 0.717) is 49.0 Å². The van der Waals surface area contributed by atoms with Gasteiger partial charge in [-0.25, -0.2) is 4.79 Å². The van der Waals surface area contributed by atoms with E-state index in [1.54, 1.807) is 17.2 Å². The average molecular weight is 429 g/mol. The van der Waals surface area contributed by atoms with Gasteiger partial charge in [0.05, 0.1) is 0 Å². The highest BCUT2D eigenvalue weighted by Crippen LogP contribution is 2.42. The van der Waals surface area contributed by atoms with Gasteiger partial charge in [-0.1, -0.05) is 11.2 Å². The SMILES string of the molecule is O=C(Nc1ccc2c(c1)OC(F)(F)O2)N1CCC(c2nc(-c3ccccn3)no2)CC1. The van der Waals surface area contributed by atoms with Crippen molar-refractivity contribution in [1.29, 1.82) is 0 Å². The van der Waals surface area contributed by atoms with E-state index in [1.807, 2.05) is 12.1 Å². The first kappa shape index (κ1) is 19.2. The Hall–Kier alpha value is -3.76. The summed E-state index contributed by atoms with van der Waals surface area (Å²) in [6.07, 6.45) is -0.721. The highest BCUT2D eigenvalue weighted by atomic mass is 19.3. The smallest absolute Gasteiger partial charge is 0.395 e. The lowest BCUT2D eigenvalue weighted by molar-refractivity contribution is -0.286. The number of amides is 2. The molecule has 1 fully saturated rings. The van der Waals surface area contributed by atoms with E-state index in [-0.39, 0.29) is 23.4 Å². The lowest BCUT2D eigenvalue weighted by atomic mass is 9.97. The number of nitrogens with zero attached hydrogens (tertiary/aromatic N) is 4. The topological polar surface area (TPSA) is 103 Å². The zero-order chi connectivity index (χ0) is 21.4. The molecule has 2 aliphatic heterocycles. The van der Waals surface area contributed by atoms with Gasteiger partial charge in [0, 0.05) is 37.0 Å². The molecule has 11 heteroatoms. The van der Waals surface area contributed by atoms with E-state index in [9.17, 15) is 13.6 Å². The number of nitrogens with one attached hydrogen (secondary N) is 1. The molecule has 160 valence electrons. The fourth-order valence-corrected chi connectivity index (χ4v) is 3.56. The van der Waals surface area contributed by atoms with Crippen LogP contribution in [0.4, 0.5) is 19.3 Å². The summed E-state index contributed by atoms with van der Waals surface area (Å²) in [4.78, 5) is 22.9. The van der Waals surface area contributed by atoms with Crippen molar-refractivity contribution in [1.82, 2.24) is 20.0 Å². The third kappa shape index (κ3) is 3.98. The number of hydrogen-bond acceptors (Lipinski definition) is 7. The fraction of sp³-hybridized carbons (Fsp3) is 0.300. The molecule has 1 aromatic carbocycles. The maximum Gasteiger partial charge on any atom is 0.586 e. The first-order valence-corrected chi connectivity index (χ1v) is 9.68. The number of urea groups is 1. The summed E-state index contributed by atoms with van der Waals surface area (Å²) < 4.78 is 40.4. The number of carbonyl (C=O) groups is 1. The number of likely N-dealkylation sites (tertiary alicyclic amines) is 1. The zero-order valence-electron chi connectivity index (χ0n) is 16.1. The molecule has 9 nitrogen and oxygen atoms in total. The van der Waals surface area contributed by atoms with E-state index >= 15 is 0 Å². The van der Waals surface area contributed by atoms with Crippen LogP contribution in [0.1, 0.15) is 24.7 Å². The fourth-order valence-electron chi connectivity index (χ4n) is 3.56. The predicted octanol–water partition coefficient (Wildman–Crippen LogP) is 3.86. The third-order valence-electron chi connectivity index (χ3n) is 5.12. The van der Waals surface area contributed by atoms with E-state index < -0.39 is 6.29 Å². The normalized spacial score (nSPS) is 17.5. The molecule has 1 saturated heterocycles. The summed E-state index contributed by atoms with van der Waals surface area (Å²) in [5, 5.41) is 6.69. The second-order valence-electron chi connectivity index (χ2n) is 7.19. The minimum absolute atomic E-state index is 0.0433. The Labute approximate surface area is 175 Å². The third-order valence-corrected chi connectivity index (χ3v) is 5.12. The highest BCUT2D eigenvalue weighted by molar-refractivity contribution is 5.89. The van der Waals surface area contributed by atoms with Gasteiger partial charge in [-0.2, -0.15) is 4.98 Å². The number of halogens is 2. The number of ether oxygens (including phenoxy) is 2. The molecule has 31 heavy (non-hydrogen) atoms. The van der Waals surface area contributed by atoms with Gasteiger partial charge in [0.25, 0.3) is 0 Å². The number of pyridine rings is 1. The molecule has 0 unspecified atom stereocenters. The molecular weight excluding hydrogens is 412 g/mol. The van der Waals surface area contributed by atoms with Crippen LogP contribution in [-0.2, 0) is 0 Å². The number of fused-ring (bicyclic) bond motifs is 1. The number of carbonyl (C=O) groups excluding carboxylic acids is 1. The van der Waals surface area contributed by atoms with Crippen LogP contribution in [0, 0.1) is 0 Å². The number of hydrogen-bond donors (Lipinski definition) is 1. The molecule has 3 aromatic rings. The lowest BCUT2D eigenvalue weighted by Gasteiger charge is -2.30. The molecule has 1 N–H and O–H groups in total. The number of rotatable bonds is 3. The standard InChI is InChI=1S/C20H17F2N5O4/c21-20(22)29-15-5-4-13(11-16(15)30-20)24-19(28)27-9-6-12(7-10-27)18-25-17(26-31-18)14-3-1-2-8-23-14/h1-5,8,11-12H,6-7,9-10H2,(H,24,28). The maximum atomic E-state index is 13.1. The van der Waals surface area contributed by atoms with Gasteiger partial charge >= 0.3 is 12.3 Å². The summed E-state index contributed by atoms with van der Waals surface area (Å²) in [7, 11) is 0. The predicted molar refractivity (Wildman–Crippen MR) is 103 cm³/mol. The number of aromatic nitrogens is 3. The minimum atomic E-state index is -3.70. The number of piperidine rings is 1. The Bertz CT molecular complexity index is 1100. The molecule has 2 aromatic heterocycles. The van der Waals surface area contributed by atoms with E-state index in [0.717, 1.165) is 0 Å². The van der Waals surface area contributed by atoms with Crippen LogP contribution in [0.2, 0.25) is 0 Å². The van der Waals surface area contributed by atoms with Crippen molar-refractivity contribution < 1.29 is 27.6 Å². The first-order valence-electron chi connectivity index (χ1n) is 9.68. The number of benzene rings is 1. The minimum Gasteiger partial charge on any atom is -0.395 e. The number of anilines is 1. The van der Waals surface area contributed by atoms with Gasteiger partial charge in [0.1, 0.15) is 5.69 Å². The average Bonchev–Trinajstić information content (AvgIpc) is 3.37. The van der Waals surface area contributed by atoms with Crippen molar-refractivity contribution in [3.8, 4) is 23.0 Å². The molecule has 0 aliphatic carbocycles. The van der Waals surface area contributed by atoms with Crippen molar-refractivity contribution in [2.75, 3.05) is 18.4 Å². The van der Waals surface area contributed by atoms with Crippen LogP contribution < -0.4 is 14.8 Å². The van der Waals surface area contributed by atoms with Crippen LogP contribution in [0.25, 0.3) is 11.5 Å². The monoisotopic (exact) mass is 429 g/mol. The Morgan fingerprint density at radius 1 is 1.13 bits per heavy atom. The molecular formula is C20H17F2N5O4. The quantitative estimate of drug-likeness (QED) is 0.674. The van der Waals surface area contributed by atoms with E-state index in [2.05, 4.69) is 29.9 Å². The van der Waals surface area contributed by atoms with Crippen molar-refractivity contribution in [3.05, 3.63) is 48.5 Å².